The van der Waals surface area contributed by atoms with Gasteiger partial charge >= 0.3 is 0 Å². The summed E-state index contributed by atoms with van der Waals surface area (Å²) in [7, 11) is 5.70. The number of amides is 2. The quantitative estimate of drug-likeness (QED) is 0.410. The van der Waals surface area contributed by atoms with Gasteiger partial charge in [0.25, 0.3) is 11.8 Å². The summed E-state index contributed by atoms with van der Waals surface area (Å²) in [5.41, 5.74) is 0.599. The molecule has 0 fully saturated rings. The zero-order valence-electron chi connectivity index (χ0n) is 15.3. The summed E-state index contributed by atoms with van der Waals surface area (Å²) in [6.07, 6.45) is -1.87. The van der Waals surface area contributed by atoms with Gasteiger partial charge in [-0.05, 0) is 13.8 Å². The number of nitrogens with zero attached hydrogens (tertiary/aromatic N) is 2. The van der Waals surface area contributed by atoms with Crippen LogP contribution in [0.4, 0.5) is 0 Å². The van der Waals surface area contributed by atoms with Gasteiger partial charge in [-0.3, -0.25) is 19.4 Å². The second kappa shape index (κ2) is 10.9. The molecule has 2 atom stereocenters. The van der Waals surface area contributed by atoms with Gasteiger partial charge < -0.3 is 18.9 Å². The maximum Gasteiger partial charge on any atom is 0.252 e. The second-order valence-electron chi connectivity index (χ2n) is 5.20. The first-order valence-electron chi connectivity index (χ1n) is 7.23. The first-order chi connectivity index (χ1) is 11.3. The lowest BCUT2D eigenvalue weighted by atomic mass is 10.2. The van der Waals surface area contributed by atoms with E-state index in [1.807, 2.05) is 0 Å². The molecule has 0 rings (SSSR count). The maximum atomic E-state index is 12.4. The third-order valence-corrected chi connectivity index (χ3v) is 3.13. The highest BCUT2D eigenvalue weighted by molar-refractivity contribution is 5.93. The van der Waals surface area contributed by atoms with E-state index in [0.29, 0.717) is 11.1 Å². The SMILES string of the molecule is C=C(C)C(=O)N(COC)C(OC)C(OC)N(COC)C(=O)C(=C)C. The Morgan fingerprint density at radius 3 is 1.25 bits per heavy atom. The third kappa shape index (κ3) is 5.72. The highest BCUT2D eigenvalue weighted by atomic mass is 16.6. The van der Waals surface area contributed by atoms with E-state index in [2.05, 4.69) is 13.2 Å². The summed E-state index contributed by atoms with van der Waals surface area (Å²) in [4.78, 5) is 27.4. The van der Waals surface area contributed by atoms with Crippen molar-refractivity contribution in [3.63, 3.8) is 0 Å². The lowest BCUT2D eigenvalue weighted by Gasteiger charge is -2.39. The minimum atomic E-state index is -0.933. The number of hydrogen-bond acceptors (Lipinski definition) is 6. The number of methoxy groups -OCH3 is 4. The van der Waals surface area contributed by atoms with E-state index in [9.17, 15) is 9.59 Å². The fourth-order valence-electron chi connectivity index (χ4n) is 2.06. The molecule has 0 aliphatic carbocycles. The molecule has 2 amide bonds. The van der Waals surface area contributed by atoms with Gasteiger partial charge in [-0.25, -0.2) is 0 Å². The van der Waals surface area contributed by atoms with E-state index < -0.39 is 12.5 Å². The van der Waals surface area contributed by atoms with Gasteiger partial charge in [0.15, 0.2) is 12.5 Å². The zero-order chi connectivity index (χ0) is 18.9. The molecule has 0 aliphatic rings. The van der Waals surface area contributed by atoms with E-state index in [4.69, 9.17) is 18.9 Å². The molecule has 24 heavy (non-hydrogen) atoms. The van der Waals surface area contributed by atoms with Crippen molar-refractivity contribution in [2.45, 2.75) is 26.3 Å². The molecule has 8 nitrogen and oxygen atoms in total. The lowest BCUT2D eigenvalue weighted by Crippen LogP contribution is -2.58. The highest BCUT2D eigenvalue weighted by Gasteiger charge is 2.37. The van der Waals surface area contributed by atoms with Crippen molar-refractivity contribution in [3.05, 3.63) is 24.3 Å². The predicted molar refractivity (Wildman–Crippen MR) is 88.7 cm³/mol. The van der Waals surface area contributed by atoms with Gasteiger partial charge in [0.1, 0.15) is 13.5 Å². The summed E-state index contributed by atoms with van der Waals surface area (Å²) >= 11 is 0. The van der Waals surface area contributed by atoms with E-state index in [1.54, 1.807) is 13.8 Å². The number of carbonyl (C=O) groups excluding carboxylic acids is 2. The summed E-state index contributed by atoms with van der Waals surface area (Å²) in [5.74, 6) is -0.767. The molecule has 0 radical (unpaired) electrons. The van der Waals surface area contributed by atoms with Crippen LogP contribution in [0.5, 0.6) is 0 Å². The molecule has 2 unspecified atom stereocenters. The van der Waals surface area contributed by atoms with E-state index in [-0.39, 0.29) is 25.3 Å². The van der Waals surface area contributed by atoms with Crippen molar-refractivity contribution < 1.29 is 28.5 Å². The van der Waals surface area contributed by atoms with Crippen molar-refractivity contribution in [2.75, 3.05) is 41.9 Å². The first kappa shape index (κ1) is 22.3. The molecular weight excluding hydrogens is 316 g/mol. The van der Waals surface area contributed by atoms with Crippen LogP contribution in [-0.2, 0) is 28.5 Å². The van der Waals surface area contributed by atoms with Gasteiger partial charge in [-0.15, -0.1) is 0 Å². The molecule has 0 aliphatic heterocycles. The molecule has 0 saturated carbocycles. The highest BCUT2D eigenvalue weighted by Crippen LogP contribution is 2.18. The van der Waals surface area contributed by atoms with Crippen molar-refractivity contribution in [2.24, 2.45) is 0 Å². The Kier molecular flexibility index (Phi) is 10.1. The van der Waals surface area contributed by atoms with Gasteiger partial charge in [0.05, 0.1) is 0 Å². The average molecular weight is 344 g/mol. The predicted octanol–water partition coefficient (Wildman–Crippen LogP) is 0.949. The Morgan fingerprint density at radius 2 is 1.08 bits per heavy atom. The molecule has 0 aromatic rings. The number of hydrogen-bond donors (Lipinski definition) is 0. The van der Waals surface area contributed by atoms with Gasteiger partial charge in [0.2, 0.25) is 0 Å². The van der Waals surface area contributed by atoms with Crippen LogP contribution in [0.25, 0.3) is 0 Å². The second-order valence-corrected chi connectivity index (χ2v) is 5.20. The Bertz CT molecular complexity index is 423. The van der Waals surface area contributed by atoms with Crippen LogP contribution in [-0.4, -0.2) is 76.0 Å². The van der Waals surface area contributed by atoms with Crippen LogP contribution in [0.1, 0.15) is 13.8 Å². The minimum Gasteiger partial charge on any atom is -0.364 e. The zero-order valence-corrected chi connectivity index (χ0v) is 15.3. The Labute approximate surface area is 143 Å². The summed E-state index contributed by atoms with van der Waals surface area (Å²) < 4.78 is 21.0. The van der Waals surface area contributed by atoms with Crippen molar-refractivity contribution in [3.8, 4) is 0 Å². The molecule has 0 bridgehead atoms. The molecule has 8 heteroatoms. The molecule has 138 valence electrons. The van der Waals surface area contributed by atoms with Gasteiger partial charge in [-0.2, -0.15) is 0 Å². The molecule has 0 N–H and O–H groups in total. The first-order valence-corrected chi connectivity index (χ1v) is 7.23. The molecule has 0 heterocycles. The number of ether oxygens (including phenoxy) is 4. The normalized spacial score (nSPS) is 13.1. The summed E-state index contributed by atoms with van der Waals surface area (Å²) in [5, 5.41) is 0. The topological polar surface area (TPSA) is 77.5 Å². The van der Waals surface area contributed by atoms with Gasteiger partial charge in [0, 0.05) is 39.6 Å². The van der Waals surface area contributed by atoms with Crippen LogP contribution < -0.4 is 0 Å². The Hall–Kier alpha value is -1.74. The monoisotopic (exact) mass is 344 g/mol. The smallest absolute Gasteiger partial charge is 0.252 e. The standard InChI is InChI=1S/C16H28N2O6/c1-11(2)13(19)17(9-21-5)15(23-7)16(24-8)18(10-22-6)14(20)12(3)4/h15-16H,1,3,9-10H2,2,4-8H3. The van der Waals surface area contributed by atoms with Crippen LogP contribution in [0.3, 0.4) is 0 Å². The lowest BCUT2D eigenvalue weighted by molar-refractivity contribution is -0.207. The summed E-state index contributed by atoms with van der Waals surface area (Å²) in [6, 6.07) is 0. The fraction of sp³-hybridized carbons (Fsp3) is 0.625. The number of carbonyl (C=O) groups is 2. The van der Waals surface area contributed by atoms with E-state index >= 15 is 0 Å². The fourth-order valence-corrected chi connectivity index (χ4v) is 2.06. The number of rotatable bonds is 11. The molecule has 0 spiro atoms. The average Bonchev–Trinajstić information content (AvgIpc) is 2.54. The Morgan fingerprint density at radius 1 is 0.792 bits per heavy atom. The van der Waals surface area contributed by atoms with Crippen molar-refractivity contribution in [1.29, 1.82) is 0 Å². The van der Waals surface area contributed by atoms with E-state index in [0.717, 1.165) is 0 Å². The minimum absolute atomic E-state index is 0.0633. The van der Waals surface area contributed by atoms with Crippen LogP contribution >= 0.6 is 0 Å². The van der Waals surface area contributed by atoms with Gasteiger partial charge in [-0.1, -0.05) is 13.2 Å². The van der Waals surface area contributed by atoms with Crippen molar-refractivity contribution >= 4 is 11.8 Å². The molecular formula is C16H28N2O6. The summed E-state index contributed by atoms with van der Waals surface area (Å²) in [6.45, 7) is 10.3. The molecule has 0 aromatic carbocycles. The van der Waals surface area contributed by atoms with Crippen molar-refractivity contribution in [1.82, 2.24) is 9.80 Å². The van der Waals surface area contributed by atoms with Crippen LogP contribution in [0, 0.1) is 0 Å². The Balaban J connectivity index is 5.78. The third-order valence-electron chi connectivity index (χ3n) is 3.13. The molecule has 0 saturated heterocycles. The van der Waals surface area contributed by atoms with Crippen LogP contribution in [0.15, 0.2) is 24.3 Å². The van der Waals surface area contributed by atoms with Crippen LogP contribution in [0.2, 0.25) is 0 Å². The molecule has 0 aromatic heterocycles. The largest absolute Gasteiger partial charge is 0.364 e. The van der Waals surface area contributed by atoms with E-state index in [1.165, 1.54) is 38.2 Å². The maximum absolute atomic E-state index is 12.4.